The Hall–Kier alpha value is -2.77. The van der Waals surface area contributed by atoms with E-state index in [1.165, 1.54) is 12.1 Å². The summed E-state index contributed by atoms with van der Waals surface area (Å²) in [7, 11) is 0. The number of hydrogen-bond acceptors (Lipinski definition) is 5. The Morgan fingerprint density at radius 1 is 1.00 bits per heavy atom. The number of carbonyl (C=O) groups is 3. The van der Waals surface area contributed by atoms with Crippen LogP contribution in [0.5, 0.6) is 0 Å². The number of amides is 2. The Labute approximate surface area is 178 Å². The molecule has 2 aromatic carbocycles. The van der Waals surface area contributed by atoms with E-state index in [0.29, 0.717) is 5.69 Å². The van der Waals surface area contributed by atoms with Gasteiger partial charge in [-0.3, -0.25) is 9.59 Å². The zero-order valence-electron chi connectivity index (χ0n) is 16.2. The van der Waals surface area contributed by atoms with Gasteiger partial charge >= 0.3 is 5.97 Å². The van der Waals surface area contributed by atoms with Crippen molar-refractivity contribution in [3.8, 4) is 0 Å². The van der Waals surface area contributed by atoms with Crippen molar-refractivity contribution in [1.29, 1.82) is 0 Å². The standard InChI is InChI=1S/C20H21Cl2N3O4/c1-10-4-11(2)19(12(3)5-10)25-16(26)8-24-17(27)9-29-20(28)14-6-13(21)7-15(22)18(14)23/h4-7H,8-9,23H2,1-3H3,(H,24,27)(H,25,26). The molecule has 0 atom stereocenters. The summed E-state index contributed by atoms with van der Waals surface area (Å²) in [6, 6.07) is 6.59. The molecule has 0 radical (unpaired) electrons. The lowest BCUT2D eigenvalue weighted by atomic mass is 10.1. The number of esters is 1. The number of nitrogens with two attached hydrogens (primary N) is 1. The summed E-state index contributed by atoms with van der Waals surface area (Å²) in [5.74, 6) is -1.89. The molecule has 2 rings (SSSR count). The Balaban J connectivity index is 1.86. The van der Waals surface area contributed by atoms with Gasteiger partial charge in [-0.15, -0.1) is 0 Å². The van der Waals surface area contributed by atoms with Crippen LogP contribution in [0.3, 0.4) is 0 Å². The fourth-order valence-electron chi connectivity index (χ4n) is 2.75. The summed E-state index contributed by atoms with van der Waals surface area (Å²) in [4.78, 5) is 36.1. The largest absolute Gasteiger partial charge is 0.452 e. The van der Waals surface area contributed by atoms with Gasteiger partial charge in [0.1, 0.15) is 0 Å². The van der Waals surface area contributed by atoms with Gasteiger partial charge in [0.05, 0.1) is 22.8 Å². The predicted molar refractivity (Wildman–Crippen MR) is 113 cm³/mol. The molecule has 0 bridgehead atoms. The van der Waals surface area contributed by atoms with Crippen molar-refractivity contribution in [2.75, 3.05) is 24.2 Å². The number of rotatable bonds is 6. The van der Waals surface area contributed by atoms with Gasteiger partial charge in [-0.25, -0.2) is 4.79 Å². The van der Waals surface area contributed by atoms with Gasteiger partial charge in [0.25, 0.3) is 5.91 Å². The molecule has 0 spiro atoms. The van der Waals surface area contributed by atoms with E-state index >= 15 is 0 Å². The van der Waals surface area contributed by atoms with Gasteiger partial charge < -0.3 is 21.1 Å². The third-order valence-corrected chi connectivity index (χ3v) is 4.57. The predicted octanol–water partition coefficient (Wildman–Crippen LogP) is 3.41. The fraction of sp³-hybridized carbons (Fsp3) is 0.250. The summed E-state index contributed by atoms with van der Waals surface area (Å²) in [6.07, 6.45) is 0. The summed E-state index contributed by atoms with van der Waals surface area (Å²) in [5.41, 5.74) is 9.33. The number of nitrogens with one attached hydrogen (secondary N) is 2. The Morgan fingerprint density at radius 2 is 1.62 bits per heavy atom. The number of halogens is 2. The second-order valence-electron chi connectivity index (χ2n) is 6.52. The second-order valence-corrected chi connectivity index (χ2v) is 7.37. The van der Waals surface area contributed by atoms with Gasteiger partial charge in [0, 0.05) is 10.7 Å². The first-order valence-electron chi connectivity index (χ1n) is 8.64. The van der Waals surface area contributed by atoms with Crippen molar-refractivity contribution < 1.29 is 19.1 Å². The molecule has 2 aromatic rings. The Morgan fingerprint density at radius 3 is 2.24 bits per heavy atom. The number of benzene rings is 2. The Bertz CT molecular complexity index is 953. The van der Waals surface area contributed by atoms with Crippen molar-refractivity contribution in [2.45, 2.75) is 20.8 Å². The maximum Gasteiger partial charge on any atom is 0.340 e. The molecule has 0 aliphatic heterocycles. The van der Waals surface area contributed by atoms with Gasteiger partial charge in [-0.1, -0.05) is 40.9 Å². The number of ether oxygens (including phenoxy) is 1. The van der Waals surface area contributed by atoms with Crippen LogP contribution in [0.1, 0.15) is 27.0 Å². The van der Waals surface area contributed by atoms with E-state index in [9.17, 15) is 14.4 Å². The van der Waals surface area contributed by atoms with Crippen molar-refractivity contribution >= 4 is 52.4 Å². The SMILES string of the molecule is Cc1cc(C)c(NC(=O)CNC(=O)COC(=O)c2cc(Cl)cc(Cl)c2N)c(C)c1. The molecule has 2 amide bonds. The highest BCUT2D eigenvalue weighted by Crippen LogP contribution is 2.28. The maximum atomic E-state index is 12.1. The first-order valence-corrected chi connectivity index (χ1v) is 9.40. The van der Waals surface area contributed by atoms with Gasteiger partial charge in [0.2, 0.25) is 5.91 Å². The normalized spacial score (nSPS) is 10.4. The molecule has 154 valence electrons. The summed E-state index contributed by atoms with van der Waals surface area (Å²) in [5, 5.41) is 5.46. The maximum absolute atomic E-state index is 12.1. The van der Waals surface area contributed by atoms with Crippen molar-refractivity contribution in [1.82, 2.24) is 5.32 Å². The third kappa shape index (κ3) is 6.10. The molecule has 9 heteroatoms. The van der Waals surface area contributed by atoms with E-state index in [4.69, 9.17) is 33.7 Å². The molecule has 0 saturated carbocycles. The minimum absolute atomic E-state index is 0.00434. The molecule has 0 unspecified atom stereocenters. The van der Waals surface area contributed by atoms with Crippen LogP contribution in [0, 0.1) is 20.8 Å². The van der Waals surface area contributed by atoms with Crippen LogP contribution < -0.4 is 16.4 Å². The smallest absolute Gasteiger partial charge is 0.340 e. The van der Waals surface area contributed by atoms with Gasteiger partial charge in [0.15, 0.2) is 6.61 Å². The molecule has 0 aliphatic rings. The lowest BCUT2D eigenvalue weighted by molar-refractivity contribution is -0.126. The summed E-state index contributed by atoms with van der Waals surface area (Å²) >= 11 is 11.7. The van der Waals surface area contributed by atoms with Crippen LogP contribution in [0.25, 0.3) is 0 Å². The highest BCUT2D eigenvalue weighted by atomic mass is 35.5. The van der Waals surface area contributed by atoms with E-state index in [1.54, 1.807) is 0 Å². The second kappa shape index (κ2) is 9.62. The third-order valence-electron chi connectivity index (χ3n) is 4.04. The van der Waals surface area contributed by atoms with Gasteiger partial charge in [-0.05, 0) is 44.0 Å². The first-order chi connectivity index (χ1) is 13.6. The minimum atomic E-state index is -0.850. The average molecular weight is 438 g/mol. The number of aryl methyl sites for hydroxylation is 3. The van der Waals surface area contributed by atoms with Gasteiger partial charge in [-0.2, -0.15) is 0 Å². The molecular formula is C20H21Cl2N3O4. The summed E-state index contributed by atoms with van der Waals surface area (Å²) < 4.78 is 4.90. The van der Waals surface area contributed by atoms with Crippen molar-refractivity contribution in [3.63, 3.8) is 0 Å². The minimum Gasteiger partial charge on any atom is -0.452 e. The van der Waals surface area contributed by atoms with Crippen LogP contribution in [0.4, 0.5) is 11.4 Å². The van der Waals surface area contributed by atoms with Crippen molar-refractivity contribution in [2.24, 2.45) is 0 Å². The van der Waals surface area contributed by atoms with E-state index in [2.05, 4.69) is 10.6 Å². The topological polar surface area (TPSA) is 111 Å². The highest BCUT2D eigenvalue weighted by molar-refractivity contribution is 6.37. The zero-order chi connectivity index (χ0) is 21.7. The van der Waals surface area contributed by atoms with Crippen molar-refractivity contribution in [3.05, 3.63) is 56.6 Å². The van der Waals surface area contributed by atoms with Crippen LogP contribution in [0.2, 0.25) is 10.0 Å². The molecule has 0 aliphatic carbocycles. The lowest BCUT2D eigenvalue weighted by Gasteiger charge is -2.13. The molecule has 0 aromatic heterocycles. The monoisotopic (exact) mass is 437 g/mol. The molecule has 29 heavy (non-hydrogen) atoms. The van der Waals surface area contributed by atoms with Crippen LogP contribution in [-0.4, -0.2) is 30.9 Å². The lowest BCUT2D eigenvalue weighted by Crippen LogP contribution is -2.35. The molecule has 0 saturated heterocycles. The molecule has 7 nitrogen and oxygen atoms in total. The molecule has 0 fully saturated rings. The number of anilines is 2. The molecule has 0 heterocycles. The zero-order valence-corrected chi connectivity index (χ0v) is 17.7. The van der Waals surface area contributed by atoms with Crippen LogP contribution in [0.15, 0.2) is 24.3 Å². The van der Waals surface area contributed by atoms with Crippen LogP contribution in [-0.2, 0) is 14.3 Å². The fourth-order valence-corrected chi connectivity index (χ4v) is 3.25. The van der Waals surface area contributed by atoms with E-state index in [-0.39, 0.29) is 27.8 Å². The average Bonchev–Trinajstić information content (AvgIpc) is 2.63. The highest BCUT2D eigenvalue weighted by Gasteiger charge is 2.17. The molecular weight excluding hydrogens is 417 g/mol. The van der Waals surface area contributed by atoms with Crippen LogP contribution >= 0.6 is 23.2 Å². The van der Waals surface area contributed by atoms with E-state index in [0.717, 1.165) is 16.7 Å². The number of carbonyl (C=O) groups excluding carboxylic acids is 3. The quantitative estimate of drug-likeness (QED) is 0.473. The number of hydrogen-bond donors (Lipinski definition) is 3. The van der Waals surface area contributed by atoms with E-state index in [1.807, 2.05) is 32.9 Å². The Kier molecular flexibility index (Phi) is 7.47. The summed E-state index contributed by atoms with van der Waals surface area (Å²) in [6.45, 7) is 4.90. The van der Waals surface area contributed by atoms with E-state index < -0.39 is 24.4 Å². The molecule has 4 N–H and O–H groups in total. The first kappa shape index (κ1) is 22.5. The number of nitrogen functional groups attached to an aromatic ring is 1.